The molecule has 0 aliphatic carbocycles. The quantitative estimate of drug-likeness (QED) is 0.223. The van der Waals surface area contributed by atoms with E-state index in [0.29, 0.717) is 0 Å². The Labute approximate surface area is 130 Å². The van der Waals surface area contributed by atoms with Gasteiger partial charge in [0.25, 0.3) is 0 Å². The van der Waals surface area contributed by atoms with E-state index in [2.05, 4.69) is 27.7 Å². The summed E-state index contributed by atoms with van der Waals surface area (Å²) in [6.45, 7) is 9.46. The van der Waals surface area contributed by atoms with Crippen LogP contribution in [-0.2, 0) is 0 Å². The Morgan fingerprint density at radius 3 is 1.40 bits per heavy atom. The summed E-state index contributed by atoms with van der Waals surface area (Å²) < 4.78 is 0. The van der Waals surface area contributed by atoms with Crippen LogP contribution in [0.2, 0.25) is 0 Å². The minimum absolute atomic E-state index is 0.914. The molecule has 1 heteroatoms. The molecular formula is C19H43P. The van der Waals surface area contributed by atoms with Crippen molar-refractivity contribution in [3.8, 4) is 0 Å². The van der Waals surface area contributed by atoms with E-state index in [1.807, 2.05) is 0 Å². The molecule has 0 saturated carbocycles. The Hall–Kier alpha value is 0.430. The van der Waals surface area contributed by atoms with E-state index in [0.717, 1.165) is 0 Å². The first-order valence-corrected chi connectivity index (χ1v) is 12.6. The van der Waals surface area contributed by atoms with Gasteiger partial charge >= 0.3 is 130 Å². The molecule has 0 fully saturated rings. The van der Waals surface area contributed by atoms with Crippen LogP contribution in [0.15, 0.2) is 0 Å². The van der Waals surface area contributed by atoms with Crippen molar-refractivity contribution in [3.05, 3.63) is 0 Å². The van der Waals surface area contributed by atoms with Crippen molar-refractivity contribution in [3.63, 3.8) is 0 Å². The molecule has 0 unspecified atom stereocenters. The molecule has 0 N–H and O–H groups in total. The van der Waals surface area contributed by atoms with Gasteiger partial charge in [-0.25, -0.2) is 0 Å². The van der Waals surface area contributed by atoms with E-state index in [-0.39, 0.29) is 0 Å². The molecule has 0 radical (unpaired) electrons. The molecule has 0 aliphatic heterocycles. The minimum atomic E-state index is -0.914. The van der Waals surface area contributed by atoms with Gasteiger partial charge in [0.2, 0.25) is 0 Å². The zero-order chi connectivity index (χ0) is 15.1. The molecule has 0 atom stereocenters. The molecule has 0 aromatic carbocycles. The molecule has 0 aliphatic rings. The number of hydrogen-bond donors (Lipinski definition) is 0. The molecule has 124 valence electrons. The van der Waals surface area contributed by atoms with Crippen LogP contribution < -0.4 is 0 Å². The summed E-state index contributed by atoms with van der Waals surface area (Å²) in [6.07, 6.45) is 22.6. The zero-order valence-corrected chi connectivity index (χ0v) is 16.1. The molecular weight excluding hydrogens is 259 g/mol. The van der Waals surface area contributed by atoms with E-state index in [1.165, 1.54) is 64.2 Å². The Morgan fingerprint density at radius 2 is 0.850 bits per heavy atom. The first kappa shape index (κ1) is 20.4. The summed E-state index contributed by atoms with van der Waals surface area (Å²) in [5.41, 5.74) is 0. The first-order chi connectivity index (χ1) is 9.74. The second kappa shape index (κ2) is 14.4. The SMILES string of the molecule is CCCCCCC[PH](CCC)(CCCC)CCCCC. The zero-order valence-electron chi connectivity index (χ0n) is 15.1. The van der Waals surface area contributed by atoms with Crippen molar-refractivity contribution in [2.45, 2.75) is 98.3 Å². The topological polar surface area (TPSA) is 0 Å². The summed E-state index contributed by atoms with van der Waals surface area (Å²) in [7, 11) is -0.914. The fourth-order valence-corrected chi connectivity index (χ4v) is 9.35. The van der Waals surface area contributed by atoms with Crippen molar-refractivity contribution in [1.29, 1.82) is 0 Å². The summed E-state index contributed by atoms with van der Waals surface area (Å²) >= 11 is 0. The van der Waals surface area contributed by atoms with Crippen LogP contribution in [0.3, 0.4) is 0 Å². The van der Waals surface area contributed by atoms with Crippen LogP contribution in [0.25, 0.3) is 0 Å². The maximum atomic E-state index is 2.42. The van der Waals surface area contributed by atoms with Gasteiger partial charge in [-0.1, -0.05) is 0 Å². The molecule has 0 bridgehead atoms. The third kappa shape index (κ3) is 10.2. The molecule has 0 nitrogen and oxygen atoms in total. The number of unbranched alkanes of at least 4 members (excludes halogenated alkanes) is 7. The van der Waals surface area contributed by atoms with E-state index >= 15 is 0 Å². The molecule has 0 amide bonds. The van der Waals surface area contributed by atoms with Gasteiger partial charge in [-0.15, -0.1) is 0 Å². The summed E-state index contributed by atoms with van der Waals surface area (Å²) in [6, 6.07) is 0. The first-order valence-electron chi connectivity index (χ1n) is 9.74. The third-order valence-electron chi connectivity index (χ3n) is 4.96. The molecule has 0 aromatic rings. The summed E-state index contributed by atoms with van der Waals surface area (Å²) in [5.74, 6) is 0. The van der Waals surface area contributed by atoms with Crippen molar-refractivity contribution in [1.82, 2.24) is 0 Å². The van der Waals surface area contributed by atoms with Gasteiger partial charge in [0.15, 0.2) is 0 Å². The van der Waals surface area contributed by atoms with Crippen LogP contribution in [0.5, 0.6) is 0 Å². The van der Waals surface area contributed by atoms with E-state index in [4.69, 9.17) is 0 Å². The van der Waals surface area contributed by atoms with Crippen molar-refractivity contribution in [2.24, 2.45) is 0 Å². The van der Waals surface area contributed by atoms with Crippen molar-refractivity contribution < 1.29 is 0 Å². The summed E-state index contributed by atoms with van der Waals surface area (Å²) in [5, 5.41) is 0. The van der Waals surface area contributed by atoms with Gasteiger partial charge in [-0.05, 0) is 0 Å². The Kier molecular flexibility index (Phi) is 14.7. The second-order valence-corrected chi connectivity index (χ2v) is 12.0. The molecule has 0 spiro atoms. The standard InChI is InChI=1S/C19H43P/c1-5-9-12-13-15-19-20(16-8-4,17-11-7-3)18-14-10-6-2/h20H,5-19H2,1-4H3. The normalized spacial score (nSPS) is 12.8. The Bertz CT molecular complexity index is 190. The predicted molar refractivity (Wildman–Crippen MR) is 101 cm³/mol. The Balaban J connectivity index is 4.28. The average Bonchev–Trinajstić information content (AvgIpc) is 2.45. The number of rotatable bonds is 15. The van der Waals surface area contributed by atoms with Crippen LogP contribution in [0, 0.1) is 0 Å². The summed E-state index contributed by atoms with van der Waals surface area (Å²) in [4.78, 5) is 0. The monoisotopic (exact) mass is 302 g/mol. The van der Waals surface area contributed by atoms with Gasteiger partial charge in [0, 0.05) is 0 Å². The molecule has 0 heterocycles. The van der Waals surface area contributed by atoms with E-state index in [9.17, 15) is 0 Å². The molecule has 0 aromatic heterocycles. The number of hydrogen-bond acceptors (Lipinski definition) is 0. The van der Waals surface area contributed by atoms with Gasteiger partial charge in [0.05, 0.1) is 0 Å². The second-order valence-electron chi connectivity index (χ2n) is 6.97. The van der Waals surface area contributed by atoms with Crippen molar-refractivity contribution in [2.75, 3.05) is 24.6 Å². The van der Waals surface area contributed by atoms with Gasteiger partial charge in [-0.3, -0.25) is 0 Å². The average molecular weight is 303 g/mol. The van der Waals surface area contributed by atoms with E-state index < -0.39 is 7.26 Å². The van der Waals surface area contributed by atoms with Crippen LogP contribution >= 0.6 is 7.26 Å². The third-order valence-corrected chi connectivity index (χ3v) is 10.8. The van der Waals surface area contributed by atoms with Crippen LogP contribution in [-0.4, -0.2) is 24.6 Å². The van der Waals surface area contributed by atoms with Crippen LogP contribution in [0.4, 0.5) is 0 Å². The molecule has 20 heavy (non-hydrogen) atoms. The van der Waals surface area contributed by atoms with Crippen LogP contribution in [0.1, 0.15) is 98.3 Å². The maximum absolute atomic E-state index is 2.42. The van der Waals surface area contributed by atoms with Crippen molar-refractivity contribution >= 4 is 7.26 Å². The van der Waals surface area contributed by atoms with Gasteiger partial charge in [0.1, 0.15) is 0 Å². The Morgan fingerprint density at radius 1 is 0.400 bits per heavy atom. The predicted octanol–water partition coefficient (Wildman–Crippen LogP) is 7.11. The fraction of sp³-hybridized carbons (Fsp3) is 1.00. The van der Waals surface area contributed by atoms with Gasteiger partial charge in [-0.2, -0.15) is 0 Å². The molecule has 0 rings (SSSR count). The fourth-order valence-electron chi connectivity index (χ4n) is 3.69. The van der Waals surface area contributed by atoms with E-state index in [1.54, 1.807) is 31.1 Å². The van der Waals surface area contributed by atoms with Gasteiger partial charge < -0.3 is 0 Å². The molecule has 0 saturated heterocycles.